The Balaban J connectivity index is 2.17. The summed E-state index contributed by atoms with van der Waals surface area (Å²) in [7, 11) is 1.58. The topological polar surface area (TPSA) is 88.0 Å². The van der Waals surface area contributed by atoms with Crippen LogP contribution in [0.15, 0.2) is 47.5 Å². The number of hydrogen-bond donors (Lipinski definition) is 2. The summed E-state index contributed by atoms with van der Waals surface area (Å²) in [6.07, 6.45) is 0.128. The number of halogens is 1. The van der Waals surface area contributed by atoms with Gasteiger partial charge in [-0.05, 0) is 36.8 Å². The van der Waals surface area contributed by atoms with Crippen molar-refractivity contribution in [2.45, 2.75) is 18.9 Å². The molecule has 2 N–H and O–H groups in total. The zero-order chi connectivity index (χ0) is 19.4. The number of carboxylic acid groups (broad SMARTS) is 1. The van der Waals surface area contributed by atoms with Crippen molar-refractivity contribution in [3.05, 3.63) is 58.6 Å². The number of carbonyl (C=O) groups is 1. The standard InChI is InChI=1S/C19H17ClN2O4S/c1-26-13-6-7-15-14(10-13)18(11-2-4-12(20)5-3-11)21-16(8-9-17(23)24)19(22-15)27-25/h2-7,10,16,22H,8-9H2,1H3,(H,23,24)/t16-/m0/s1. The summed E-state index contributed by atoms with van der Waals surface area (Å²) in [6, 6.07) is 12.1. The third kappa shape index (κ3) is 4.37. The van der Waals surface area contributed by atoms with Crippen molar-refractivity contribution in [3.63, 3.8) is 0 Å². The van der Waals surface area contributed by atoms with Gasteiger partial charge in [0, 0.05) is 28.3 Å². The highest BCUT2D eigenvalue weighted by Crippen LogP contribution is 2.29. The zero-order valence-corrected chi connectivity index (χ0v) is 16.0. The Morgan fingerprint density at radius 1 is 1.30 bits per heavy atom. The number of aliphatic carboxylic acids is 1. The van der Waals surface area contributed by atoms with Crippen molar-refractivity contribution in [3.8, 4) is 5.75 Å². The largest absolute Gasteiger partial charge is 0.497 e. The molecule has 2 aromatic rings. The van der Waals surface area contributed by atoms with Crippen LogP contribution in [0.1, 0.15) is 24.0 Å². The summed E-state index contributed by atoms with van der Waals surface area (Å²) in [5.74, 6) is -0.283. The van der Waals surface area contributed by atoms with E-state index in [-0.39, 0.29) is 12.8 Å². The number of hydrogen-bond acceptors (Lipinski definition) is 4. The van der Waals surface area contributed by atoms with E-state index >= 15 is 0 Å². The predicted octanol–water partition coefficient (Wildman–Crippen LogP) is 3.19. The minimum absolute atomic E-state index is 0.0898. The SMILES string of the molecule is COc1ccc2c(c1)C(c1ccc(Cl)cc1)=N[C@@H](CCC(=O)O)C(=S=O)N2. The first-order valence-electron chi connectivity index (χ1n) is 8.19. The van der Waals surface area contributed by atoms with Crippen molar-refractivity contribution in [1.82, 2.24) is 0 Å². The lowest BCUT2D eigenvalue weighted by Gasteiger charge is -2.12. The lowest BCUT2D eigenvalue weighted by atomic mass is 10.00. The first-order valence-corrected chi connectivity index (χ1v) is 9.31. The van der Waals surface area contributed by atoms with E-state index in [0.717, 1.165) is 11.1 Å². The number of fused-ring (bicyclic) bond motifs is 1. The highest BCUT2D eigenvalue weighted by Gasteiger charge is 2.25. The molecule has 0 radical (unpaired) electrons. The highest BCUT2D eigenvalue weighted by atomic mass is 35.5. The second-order valence-corrected chi connectivity index (χ2v) is 6.96. The number of nitrogens with one attached hydrogen (secondary N) is 1. The Kier molecular flexibility index (Phi) is 5.93. The van der Waals surface area contributed by atoms with E-state index in [2.05, 4.69) is 5.32 Å². The van der Waals surface area contributed by atoms with Crippen molar-refractivity contribution in [1.29, 1.82) is 0 Å². The van der Waals surface area contributed by atoms with E-state index in [1.807, 2.05) is 24.3 Å². The van der Waals surface area contributed by atoms with Crippen LogP contribution in [0.4, 0.5) is 5.69 Å². The van der Waals surface area contributed by atoms with Gasteiger partial charge in [0.2, 0.25) is 0 Å². The Morgan fingerprint density at radius 3 is 2.67 bits per heavy atom. The molecule has 6 nitrogen and oxygen atoms in total. The number of carboxylic acids is 1. The molecule has 2 aromatic carbocycles. The van der Waals surface area contributed by atoms with Crippen LogP contribution >= 0.6 is 11.6 Å². The highest BCUT2D eigenvalue weighted by molar-refractivity contribution is 7.66. The number of benzodiazepines with no additional fused rings is 1. The second kappa shape index (κ2) is 8.37. The fourth-order valence-electron chi connectivity index (χ4n) is 2.83. The Hall–Kier alpha value is -2.64. The lowest BCUT2D eigenvalue weighted by Crippen LogP contribution is -2.26. The Bertz CT molecular complexity index is 953. The molecule has 140 valence electrons. The molecule has 0 aliphatic carbocycles. The van der Waals surface area contributed by atoms with Crippen LogP contribution < -0.4 is 10.1 Å². The number of nitrogens with zero attached hydrogens (tertiary/aromatic N) is 1. The monoisotopic (exact) mass is 404 g/mol. The fourth-order valence-corrected chi connectivity index (χ4v) is 3.38. The van der Waals surface area contributed by atoms with Gasteiger partial charge in [-0.3, -0.25) is 9.79 Å². The molecule has 1 heterocycles. The molecule has 1 aliphatic heterocycles. The zero-order valence-electron chi connectivity index (χ0n) is 14.4. The maximum atomic E-state index is 11.7. The van der Waals surface area contributed by atoms with Crippen molar-refractivity contribution in [2.24, 2.45) is 4.99 Å². The molecule has 0 aromatic heterocycles. The van der Waals surface area contributed by atoms with Gasteiger partial charge in [-0.15, -0.1) is 0 Å². The van der Waals surface area contributed by atoms with Crippen LogP contribution in [-0.4, -0.2) is 39.1 Å². The van der Waals surface area contributed by atoms with Gasteiger partial charge in [0.25, 0.3) is 0 Å². The average molecular weight is 405 g/mol. The quantitative estimate of drug-likeness (QED) is 0.747. The second-order valence-electron chi connectivity index (χ2n) is 5.92. The summed E-state index contributed by atoms with van der Waals surface area (Å²) in [5.41, 5.74) is 2.93. The van der Waals surface area contributed by atoms with Gasteiger partial charge in [-0.2, -0.15) is 0 Å². The summed E-state index contributed by atoms with van der Waals surface area (Å²) in [6.45, 7) is 0. The van der Waals surface area contributed by atoms with Gasteiger partial charge < -0.3 is 15.2 Å². The van der Waals surface area contributed by atoms with Gasteiger partial charge >= 0.3 is 5.97 Å². The molecule has 1 aliphatic rings. The van der Waals surface area contributed by atoms with Crippen molar-refractivity contribution < 1.29 is 18.8 Å². The van der Waals surface area contributed by atoms with E-state index in [9.17, 15) is 9.00 Å². The number of ether oxygens (including phenoxy) is 1. The molecule has 0 fully saturated rings. The Morgan fingerprint density at radius 2 is 2.04 bits per heavy atom. The summed E-state index contributed by atoms with van der Waals surface area (Å²) in [5, 5.41) is 12.8. The van der Waals surface area contributed by atoms with Gasteiger partial charge in [0.05, 0.1) is 12.8 Å². The maximum absolute atomic E-state index is 11.7. The number of aliphatic imine (C=N–C) groups is 1. The van der Waals surface area contributed by atoms with Crippen LogP contribution in [0, 0.1) is 0 Å². The van der Waals surface area contributed by atoms with Crippen LogP contribution in [0.5, 0.6) is 5.75 Å². The Labute approximate surface area is 164 Å². The number of rotatable bonds is 5. The molecule has 0 saturated heterocycles. The summed E-state index contributed by atoms with van der Waals surface area (Å²) < 4.78 is 17.0. The van der Waals surface area contributed by atoms with E-state index < -0.39 is 12.0 Å². The number of benzene rings is 2. The van der Waals surface area contributed by atoms with Gasteiger partial charge in [0.15, 0.2) is 0 Å². The van der Waals surface area contributed by atoms with E-state index in [1.165, 1.54) is 0 Å². The van der Waals surface area contributed by atoms with Crippen LogP contribution in [0.3, 0.4) is 0 Å². The molecule has 0 bridgehead atoms. The van der Waals surface area contributed by atoms with Gasteiger partial charge in [-0.25, -0.2) is 4.21 Å². The van der Waals surface area contributed by atoms with Gasteiger partial charge in [-0.1, -0.05) is 23.7 Å². The number of methoxy groups -OCH3 is 1. The molecule has 0 saturated carbocycles. The van der Waals surface area contributed by atoms with Gasteiger partial charge in [0.1, 0.15) is 28.0 Å². The van der Waals surface area contributed by atoms with Crippen LogP contribution in [-0.2, 0) is 16.1 Å². The first-order chi connectivity index (χ1) is 13.0. The molecule has 0 amide bonds. The number of anilines is 1. The normalized spacial score (nSPS) is 15.9. The molecule has 27 heavy (non-hydrogen) atoms. The van der Waals surface area contributed by atoms with Crippen molar-refractivity contribution >= 4 is 45.2 Å². The molecule has 0 unspecified atom stereocenters. The molecule has 3 rings (SSSR count). The van der Waals surface area contributed by atoms with Crippen molar-refractivity contribution in [2.75, 3.05) is 12.4 Å². The van der Waals surface area contributed by atoms with E-state index in [0.29, 0.717) is 38.4 Å². The fraction of sp³-hybridized carbons (Fsp3) is 0.211. The third-order valence-corrected chi connectivity index (χ3v) is 4.97. The van der Waals surface area contributed by atoms with Crippen LogP contribution in [0.25, 0.3) is 0 Å². The molecular formula is C19H17ClN2O4S. The minimum Gasteiger partial charge on any atom is -0.497 e. The average Bonchev–Trinajstić information content (AvgIpc) is 2.83. The minimum atomic E-state index is -0.933. The molecule has 0 spiro atoms. The van der Waals surface area contributed by atoms with Crippen LogP contribution in [0.2, 0.25) is 5.02 Å². The summed E-state index contributed by atoms with van der Waals surface area (Å²) >= 11 is 6.30. The van der Waals surface area contributed by atoms with E-state index in [4.69, 9.17) is 26.4 Å². The molecular weight excluding hydrogens is 388 g/mol. The molecule has 8 heteroatoms. The maximum Gasteiger partial charge on any atom is 0.303 e. The third-order valence-electron chi connectivity index (χ3n) is 4.17. The first kappa shape index (κ1) is 19.1. The predicted molar refractivity (Wildman–Crippen MR) is 108 cm³/mol. The molecule has 1 atom stereocenters. The lowest BCUT2D eigenvalue weighted by molar-refractivity contribution is -0.137. The summed E-state index contributed by atoms with van der Waals surface area (Å²) in [4.78, 5) is 16.1. The van der Waals surface area contributed by atoms with E-state index in [1.54, 1.807) is 25.3 Å². The smallest absolute Gasteiger partial charge is 0.303 e.